The van der Waals surface area contributed by atoms with Crippen molar-refractivity contribution in [3.63, 3.8) is 0 Å². The van der Waals surface area contributed by atoms with Crippen LogP contribution in [0.4, 0.5) is 17.6 Å². The van der Waals surface area contributed by atoms with E-state index >= 15 is 0 Å². The lowest BCUT2D eigenvalue weighted by Gasteiger charge is -2.28. The number of rotatable bonds is 5. The molecule has 152 valence electrons. The van der Waals surface area contributed by atoms with Crippen molar-refractivity contribution in [2.24, 2.45) is 0 Å². The van der Waals surface area contributed by atoms with Gasteiger partial charge in [0.2, 0.25) is 5.95 Å². The maximum absolute atomic E-state index is 12.6. The second kappa shape index (κ2) is 9.17. The Morgan fingerprint density at radius 1 is 0.733 bits per heavy atom. The average Bonchev–Trinajstić information content (AvgIpc) is 2.80. The summed E-state index contributed by atoms with van der Waals surface area (Å²) in [5.41, 5.74) is 1.05. The van der Waals surface area contributed by atoms with E-state index in [4.69, 9.17) is 0 Å². The van der Waals surface area contributed by atoms with E-state index in [1.165, 1.54) is 6.42 Å². The number of benzene rings is 2. The third-order valence-corrected chi connectivity index (χ3v) is 4.93. The number of aromatic nitrogens is 2. The Bertz CT molecular complexity index is 947. The molecule has 1 saturated heterocycles. The predicted octanol–water partition coefficient (Wildman–Crippen LogP) is 3.97. The molecule has 1 fully saturated rings. The quantitative estimate of drug-likeness (QED) is 0.675. The molecule has 2 amide bonds. The molecule has 0 saturated carbocycles. The van der Waals surface area contributed by atoms with E-state index in [2.05, 4.69) is 25.5 Å². The number of hydrogen-bond donors (Lipinski definition) is 2. The van der Waals surface area contributed by atoms with Crippen molar-refractivity contribution in [1.82, 2.24) is 9.97 Å². The number of carbonyl (C=O) groups is 2. The third kappa shape index (κ3) is 4.81. The van der Waals surface area contributed by atoms with Gasteiger partial charge in [0.05, 0.1) is 0 Å². The first-order valence-electron chi connectivity index (χ1n) is 10.1. The zero-order valence-electron chi connectivity index (χ0n) is 16.5. The number of nitrogens with one attached hydrogen (secondary N) is 2. The van der Waals surface area contributed by atoms with E-state index in [-0.39, 0.29) is 17.8 Å². The highest BCUT2D eigenvalue weighted by Gasteiger charge is 2.17. The van der Waals surface area contributed by atoms with Gasteiger partial charge in [-0.25, -0.2) is 0 Å². The summed E-state index contributed by atoms with van der Waals surface area (Å²) in [4.78, 5) is 36.2. The molecular weight excluding hydrogens is 378 g/mol. The van der Waals surface area contributed by atoms with Gasteiger partial charge >= 0.3 is 0 Å². The first kappa shape index (κ1) is 19.6. The van der Waals surface area contributed by atoms with E-state index in [1.54, 1.807) is 54.6 Å². The van der Waals surface area contributed by atoms with Crippen LogP contribution in [0.2, 0.25) is 0 Å². The van der Waals surface area contributed by atoms with Crippen LogP contribution in [-0.4, -0.2) is 34.9 Å². The number of nitrogens with zero attached hydrogens (tertiary/aromatic N) is 3. The Balaban J connectivity index is 1.60. The monoisotopic (exact) mass is 401 g/mol. The van der Waals surface area contributed by atoms with Gasteiger partial charge in [-0.1, -0.05) is 36.4 Å². The number of hydrogen-bond acceptors (Lipinski definition) is 5. The molecule has 0 atom stereocenters. The van der Waals surface area contributed by atoms with Gasteiger partial charge in [-0.2, -0.15) is 9.97 Å². The molecule has 1 aliphatic heterocycles. The molecule has 1 aromatic heterocycles. The predicted molar refractivity (Wildman–Crippen MR) is 117 cm³/mol. The minimum Gasteiger partial charge on any atom is -0.356 e. The second-order valence-corrected chi connectivity index (χ2v) is 7.12. The molecule has 0 aliphatic carbocycles. The molecule has 2 N–H and O–H groups in total. The van der Waals surface area contributed by atoms with Crippen LogP contribution in [0.1, 0.15) is 40.0 Å². The van der Waals surface area contributed by atoms with E-state index in [9.17, 15) is 9.59 Å². The molecule has 0 spiro atoms. The molecule has 30 heavy (non-hydrogen) atoms. The van der Waals surface area contributed by atoms with Crippen LogP contribution in [0.5, 0.6) is 0 Å². The van der Waals surface area contributed by atoms with Crippen LogP contribution in [-0.2, 0) is 0 Å². The molecule has 0 bridgehead atoms. The van der Waals surface area contributed by atoms with Crippen LogP contribution >= 0.6 is 0 Å². The van der Waals surface area contributed by atoms with Crippen molar-refractivity contribution < 1.29 is 9.59 Å². The maximum Gasteiger partial charge on any atom is 0.258 e. The summed E-state index contributed by atoms with van der Waals surface area (Å²) in [5.74, 6) is 0.639. The van der Waals surface area contributed by atoms with Gasteiger partial charge in [0.15, 0.2) is 0 Å². The molecule has 7 nitrogen and oxygen atoms in total. The normalized spacial score (nSPS) is 13.5. The molecule has 0 radical (unpaired) electrons. The Morgan fingerprint density at radius 3 is 1.90 bits per heavy atom. The highest BCUT2D eigenvalue weighted by molar-refractivity contribution is 6.05. The lowest BCUT2D eigenvalue weighted by Crippen LogP contribution is -2.31. The van der Waals surface area contributed by atoms with Gasteiger partial charge in [-0.15, -0.1) is 0 Å². The van der Waals surface area contributed by atoms with E-state index in [0.29, 0.717) is 22.8 Å². The van der Waals surface area contributed by atoms with Gasteiger partial charge in [0, 0.05) is 30.3 Å². The van der Waals surface area contributed by atoms with E-state index in [0.717, 1.165) is 25.9 Å². The lowest BCUT2D eigenvalue weighted by atomic mass is 10.1. The summed E-state index contributed by atoms with van der Waals surface area (Å²) in [6.07, 6.45) is 3.36. The topological polar surface area (TPSA) is 87.2 Å². The standard InChI is InChI=1S/C23H23N5O2/c29-21(17-10-4-1-5-11-17)24-19-16-20(28-14-8-3-9-15-28)26-23(25-19)27-22(30)18-12-6-2-7-13-18/h1-2,4-7,10-13,16H,3,8-9,14-15H2,(H2,24,25,26,27,29,30). The summed E-state index contributed by atoms with van der Waals surface area (Å²) in [6, 6.07) is 19.6. The Kier molecular flexibility index (Phi) is 5.98. The molecule has 4 rings (SSSR count). The van der Waals surface area contributed by atoms with Crippen LogP contribution < -0.4 is 15.5 Å². The Hall–Kier alpha value is -3.74. The molecule has 7 heteroatoms. The summed E-state index contributed by atoms with van der Waals surface area (Å²) in [6.45, 7) is 1.77. The zero-order valence-corrected chi connectivity index (χ0v) is 16.5. The Labute approximate surface area is 175 Å². The second-order valence-electron chi connectivity index (χ2n) is 7.12. The fourth-order valence-electron chi connectivity index (χ4n) is 3.38. The van der Waals surface area contributed by atoms with Crippen LogP contribution in [0.15, 0.2) is 66.7 Å². The zero-order chi connectivity index (χ0) is 20.8. The summed E-state index contributed by atoms with van der Waals surface area (Å²) in [7, 11) is 0. The highest BCUT2D eigenvalue weighted by atomic mass is 16.2. The van der Waals surface area contributed by atoms with Crippen molar-refractivity contribution in [2.45, 2.75) is 19.3 Å². The fraction of sp³-hybridized carbons (Fsp3) is 0.217. The van der Waals surface area contributed by atoms with E-state index < -0.39 is 0 Å². The fourth-order valence-corrected chi connectivity index (χ4v) is 3.38. The van der Waals surface area contributed by atoms with Crippen molar-refractivity contribution in [1.29, 1.82) is 0 Å². The first-order valence-corrected chi connectivity index (χ1v) is 10.1. The van der Waals surface area contributed by atoms with Crippen molar-refractivity contribution in [2.75, 3.05) is 28.6 Å². The minimum atomic E-state index is -0.299. The molecule has 2 aromatic carbocycles. The summed E-state index contributed by atoms with van der Waals surface area (Å²) < 4.78 is 0. The third-order valence-electron chi connectivity index (χ3n) is 4.93. The van der Waals surface area contributed by atoms with Gasteiger partial charge < -0.3 is 10.2 Å². The molecule has 2 heterocycles. The van der Waals surface area contributed by atoms with Crippen molar-refractivity contribution in [3.05, 3.63) is 77.9 Å². The van der Waals surface area contributed by atoms with Gasteiger partial charge in [0.25, 0.3) is 11.8 Å². The molecule has 1 aliphatic rings. The average molecular weight is 401 g/mol. The van der Waals surface area contributed by atoms with Crippen molar-refractivity contribution >= 4 is 29.4 Å². The largest absolute Gasteiger partial charge is 0.356 e. The number of piperidine rings is 1. The maximum atomic E-state index is 12.6. The number of anilines is 3. The minimum absolute atomic E-state index is 0.162. The van der Waals surface area contributed by atoms with Crippen LogP contribution in [0, 0.1) is 0 Å². The number of amides is 2. The van der Waals surface area contributed by atoms with E-state index in [1.807, 2.05) is 12.1 Å². The lowest BCUT2D eigenvalue weighted by molar-refractivity contribution is 0.101. The first-order chi connectivity index (χ1) is 14.7. The number of carbonyl (C=O) groups excluding carboxylic acids is 2. The molecule has 0 unspecified atom stereocenters. The smallest absolute Gasteiger partial charge is 0.258 e. The van der Waals surface area contributed by atoms with Gasteiger partial charge in [-0.05, 0) is 43.5 Å². The Morgan fingerprint density at radius 2 is 1.30 bits per heavy atom. The molecular formula is C23H23N5O2. The summed E-state index contributed by atoms with van der Waals surface area (Å²) in [5, 5.41) is 5.58. The van der Waals surface area contributed by atoms with Gasteiger partial charge in [0.1, 0.15) is 11.6 Å². The van der Waals surface area contributed by atoms with Gasteiger partial charge in [-0.3, -0.25) is 14.9 Å². The molecule has 3 aromatic rings. The van der Waals surface area contributed by atoms with Crippen LogP contribution in [0.3, 0.4) is 0 Å². The summed E-state index contributed by atoms with van der Waals surface area (Å²) >= 11 is 0. The highest BCUT2D eigenvalue weighted by Crippen LogP contribution is 2.22. The SMILES string of the molecule is O=C(Nc1cc(N2CCCCC2)nc(NC(=O)c2ccccc2)n1)c1ccccc1. The van der Waals surface area contributed by atoms with Crippen molar-refractivity contribution in [3.8, 4) is 0 Å². The van der Waals surface area contributed by atoms with Crippen LogP contribution in [0.25, 0.3) is 0 Å².